The molecule has 4 heteroatoms. The molecule has 1 aliphatic rings. The van der Waals surface area contributed by atoms with Gasteiger partial charge in [-0.3, -0.25) is 0 Å². The number of carbonyl (C=O) groups excluding carboxylic acids is 1. The van der Waals surface area contributed by atoms with Crippen LogP contribution >= 0.6 is 0 Å². The molecule has 0 aliphatic heterocycles. The molecule has 1 aliphatic carbocycles. The number of amides is 2. The Hall–Kier alpha value is -1.55. The zero-order valence-corrected chi connectivity index (χ0v) is 12.7. The van der Waals surface area contributed by atoms with Crippen molar-refractivity contribution in [2.75, 3.05) is 13.1 Å². The summed E-state index contributed by atoms with van der Waals surface area (Å²) in [5.74, 6) is 0. The molecule has 1 saturated carbocycles. The monoisotopic (exact) mass is 289 g/mol. The van der Waals surface area contributed by atoms with Crippen LogP contribution in [0, 0.1) is 0 Å². The Morgan fingerprint density at radius 1 is 0.952 bits per heavy atom. The molecule has 0 aromatic heterocycles. The van der Waals surface area contributed by atoms with Crippen molar-refractivity contribution in [2.45, 2.75) is 51.1 Å². The summed E-state index contributed by atoms with van der Waals surface area (Å²) in [6, 6.07) is 10.5. The zero-order valence-electron chi connectivity index (χ0n) is 12.7. The minimum Gasteiger partial charge on any atom is -0.337 e. The van der Waals surface area contributed by atoms with Gasteiger partial charge in [-0.2, -0.15) is 0 Å². The van der Waals surface area contributed by atoms with Crippen LogP contribution in [0.25, 0.3) is 0 Å². The second-order valence-corrected chi connectivity index (χ2v) is 5.74. The molecule has 1 aromatic rings. The summed E-state index contributed by atoms with van der Waals surface area (Å²) in [6.45, 7) is 2.10. The van der Waals surface area contributed by atoms with Gasteiger partial charge in [0.1, 0.15) is 0 Å². The van der Waals surface area contributed by atoms with E-state index in [2.05, 4.69) is 16.0 Å². The third kappa shape index (κ3) is 6.63. The molecule has 0 spiro atoms. The van der Waals surface area contributed by atoms with Gasteiger partial charge in [0.25, 0.3) is 0 Å². The fraction of sp³-hybridized carbons (Fsp3) is 0.588. The summed E-state index contributed by atoms with van der Waals surface area (Å²) in [5.41, 5.74) is 1.12. The predicted molar refractivity (Wildman–Crippen MR) is 86.2 cm³/mol. The van der Waals surface area contributed by atoms with Crippen LogP contribution in [0.2, 0.25) is 0 Å². The maximum atomic E-state index is 11.7. The average Bonchev–Trinajstić information content (AvgIpc) is 2.79. The standard InChI is InChI=1S/C17H27N3O/c21-17(20-14-15-8-4-3-5-9-15)19-13-12-18-16-10-6-1-2-7-11-16/h3-5,8-9,16,18H,1-2,6-7,10-14H2,(H2,19,20,21). The largest absolute Gasteiger partial charge is 0.337 e. The number of carbonyl (C=O) groups is 1. The average molecular weight is 289 g/mol. The lowest BCUT2D eigenvalue weighted by atomic mass is 10.1. The summed E-state index contributed by atoms with van der Waals surface area (Å²) in [6.07, 6.45) is 7.97. The highest BCUT2D eigenvalue weighted by Crippen LogP contribution is 2.16. The number of nitrogens with one attached hydrogen (secondary N) is 3. The summed E-state index contributed by atoms with van der Waals surface area (Å²) < 4.78 is 0. The normalized spacial score (nSPS) is 16.2. The predicted octanol–water partition coefficient (Wildman–Crippen LogP) is 2.80. The fourth-order valence-corrected chi connectivity index (χ4v) is 2.78. The molecule has 4 nitrogen and oxygen atoms in total. The van der Waals surface area contributed by atoms with E-state index in [1.807, 2.05) is 30.3 Å². The highest BCUT2D eigenvalue weighted by Gasteiger charge is 2.10. The van der Waals surface area contributed by atoms with E-state index < -0.39 is 0 Å². The van der Waals surface area contributed by atoms with Crippen LogP contribution in [0.15, 0.2) is 30.3 Å². The molecule has 0 radical (unpaired) electrons. The minimum absolute atomic E-state index is 0.0958. The van der Waals surface area contributed by atoms with Gasteiger partial charge < -0.3 is 16.0 Å². The van der Waals surface area contributed by atoms with E-state index in [0.717, 1.165) is 12.1 Å². The molecule has 0 unspecified atom stereocenters. The zero-order chi connectivity index (χ0) is 14.8. The molecule has 0 saturated heterocycles. The summed E-state index contributed by atoms with van der Waals surface area (Å²) in [7, 11) is 0. The first-order valence-corrected chi connectivity index (χ1v) is 8.13. The van der Waals surface area contributed by atoms with Gasteiger partial charge in [0.05, 0.1) is 0 Å². The highest BCUT2D eigenvalue weighted by atomic mass is 16.2. The summed E-state index contributed by atoms with van der Waals surface area (Å²) in [4.78, 5) is 11.7. The molecule has 1 aromatic carbocycles. The van der Waals surface area contributed by atoms with Gasteiger partial charge in [0.15, 0.2) is 0 Å². The molecule has 2 amide bonds. The van der Waals surface area contributed by atoms with Crippen LogP contribution in [0.1, 0.15) is 44.1 Å². The van der Waals surface area contributed by atoms with Crippen LogP contribution < -0.4 is 16.0 Å². The van der Waals surface area contributed by atoms with Crippen LogP contribution in [-0.2, 0) is 6.54 Å². The van der Waals surface area contributed by atoms with E-state index in [1.54, 1.807) is 0 Å². The smallest absolute Gasteiger partial charge is 0.315 e. The maximum Gasteiger partial charge on any atom is 0.315 e. The fourth-order valence-electron chi connectivity index (χ4n) is 2.78. The Balaban J connectivity index is 1.52. The number of hydrogen-bond acceptors (Lipinski definition) is 2. The van der Waals surface area contributed by atoms with Crippen molar-refractivity contribution in [3.63, 3.8) is 0 Å². The van der Waals surface area contributed by atoms with Crippen molar-refractivity contribution < 1.29 is 4.79 Å². The second kappa shape index (κ2) is 9.40. The Morgan fingerprint density at radius 3 is 2.38 bits per heavy atom. The van der Waals surface area contributed by atoms with Crippen molar-refractivity contribution >= 4 is 6.03 Å². The van der Waals surface area contributed by atoms with E-state index in [1.165, 1.54) is 38.5 Å². The van der Waals surface area contributed by atoms with Crippen molar-refractivity contribution in [1.82, 2.24) is 16.0 Å². The van der Waals surface area contributed by atoms with Crippen molar-refractivity contribution in [1.29, 1.82) is 0 Å². The molecule has 1 fully saturated rings. The first-order chi connectivity index (χ1) is 10.3. The number of urea groups is 1. The van der Waals surface area contributed by atoms with E-state index in [9.17, 15) is 4.79 Å². The first kappa shape index (κ1) is 15.8. The lowest BCUT2D eigenvalue weighted by Crippen LogP contribution is -2.41. The van der Waals surface area contributed by atoms with Gasteiger partial charge >= 0.3 is 6.03 Å². The molecular formula is C17H27N3O. The third-order valence-corrected chi connectivity index (χ3v) is 3.99. The SMILES string of the molecule is O=C(NCCNC1CCCCCC1)NCc1ccccc1. The Kier molecular flexibility index (Phi) is 7.08. The quantitative estimate of drug-likeness (QED) is 0.557. The molecule has 2 rings (SSSR count). The van der Waals surface area contributed by atoms with Gasteiger partial charge in [-0.1, -0.05) is 56.0 Å². The first-order valence-electron chi connectivity index (χ1n) is 8.13. The summed E-state index contributed by atoms with van der Waals surface area (Å²) >= 11 is 0. The van der Waals surface area contributed by atoms with Crippen LogP contribution in [0.5, 0.6) is 0 Å². The van der Waals surface area contributed by atoms with Gasteiger partial charge in [-0.25, -0.2) is 4.79 Å². The molecular weight excluding hydrogens is 262 g/mol. The molecule has 3 N–H and O–H groups in total. The number of rotatable bonds is 6. The summed E-state index contributed by atoms with van der Waals surface area (Å²) in [5, 5.41) is 9.31. The van der Waals surface area contributed by atoms with Crippen LogP contribution in [-0.4, -0.2) is 25.2 Å². The number of hydrogen-bond donors (Lipinski definition) is 3. The topological polar surface area (TPSA) is 53.2 Å². The molecule has 0 atom stereocenters. The Bertz CT molecular complexity index is 400. The van der Waals surface area contributed by atoms with Crippen molar-refractivity contribution in [3.05, 3.63) is 35.9 Å². The van der Waals surface area contributed by atoms with Gasteiger partial charge in [-0.15, -0.1) is 0 Å². The second-order valence-electron chi connectivity index (χ2n) is 5.74. The lowest BCUT2D eigenvalue weighted by molar-refractivity contribution is 0.240. The number of benzene rings is 1. The molecule has 0 heterocycles. The Labute approximate surface area is 127 Å². The van der Waals surface area contributed by atoms with Gasteiger partial charge in [0.2, 0.25) is 0 Å². The van der Waals surface area contributed by atoms with E-state index in [4.69, 9.17) is 0 Å². The minimum atomic E-state index is -0.0958. The molecule has 21 heavy (non-hydrogen) atoms. The van der Waals surface area contributed by atoms with Gasteiger partial charge in [-0.05, 0) is 18.4 Å². The van der Waals surface area contributed by atoms with E-state index in [-0.39, 0.29) is 6.03 Å². The maximum absolute atomic E-state index is 11.7. The highest BCUT2D eigenvalue weighted by molar-refractivity contribution is 5.73. The molecule has 0 bridgehead atoms. The van der Waals surface area contributed by atoms with E-state index in [0.29, 0.717) is 19.1 Å². The van der Waals surface area contributed by atoms with E-state index >= 15 is 0 Å². The van der Waals surface area contributed by atoms with Crippen LogP contribution in [0.4, 0.5) is 4.79 Å². The van der Waals surface area contributed by atoms with Gasteiger partial charge in [0, 0.05) is 25.7 Å². The molecule has 116 valence electrons. The lowest BCUT2D eigenvalue weighted by Gasteiger charge is -2.16. The third-order valence-electron chi connectivity index (χ3n) is 3.99. The van der Waals surface area contributed by atoms with Crippen molar-refractivity contribution in [3.8, 4) is 0 Å². The van der Waals surface area contributed by atoms with Crippen molar-refractivity contribution in [2.24, 2.45) is 0 Å². The Morgan fingerprint density at radius 2 is 1.67 bits per heavy atom. The van der Waals surface area contributed by atoms with Crippen LogP contribution in [0.3, 0.4) is 0 Å².